The molecule has 0 bridgehead atoms. The van der Waals surface area contributed by atoms with Crippen LogP contribution < -0.4 is 10.2 Å². The topological polar surface area (TPSA) is 32.3 Å². The third kappa shape index (κ3) is 4.00. The van der Waals surface area contributed by atoms with Gasteiger partial charge in [0.05, 0.1) is 11.3 Å². The van der Waals surface area contributed by atoms with E-state index in [9.17, 15) is 18.0 Å². The van der Waals surface area contributed by atoms with E-state index in [0.29, 0.717) is 6.54 Å². The van der Waals surface area contributed by atoms with Gasteiger partial charge in [-0.25, -0.2) is 4.79 Å². The van der Waals surface area contributed by atoms with E-state index in [1.807, 2.05) is 17.7 Å². The van der Waals surface area contributed by atoms with Gasteiger partial charge in [-0.3, -0.25) is 4.90 Å². The van der Waals surface area contributed by atoms with Crippen molar-refractivity contribution in [2.75, 3.05) is 16.8 Å². The van der Waals surface area contributed by atoms with Gasteiger partial charge in [0, 0.05) is 17.6 Å². The zero-order chi connectivity index (χ0) is 16.2. The molecule has 0 aliphatic carbocycles. The summed E-state index contributed by atoms with van der Waals surface area (Å²) in [5, 5.41) is 6.18. The lowest BCUT2D eigenvalue weighted by atomic mass is 10.2. The van der Waals surface area contributed by atoms with Gasteiger partial charge in [0.25, 0.3) is 0 Å². The van der Waals surface area contributed by atoms with Gasteiger partial charge in [-0.05, 0) is 36.1 Å². The number of carbonyl (C=O) groups excluding carboxylic acids is 1. The number of nitrogens with zero attached hydrogens (tertiary/aromatic N) is 1. The van der Waals surface area contributed by atoms with Crippen LogP contribution in [0.3, 0.4) is 0 Å². The van der Waals surface area contributed by atoms with Crippen molar-refractivity contribution in [1.82, 2.24) is 0 Å². The summed E-state index contributed by atoms with van der Waals surface area (Å²) in [4.78, 5) is 13.8. The lowest BCUT2D eigenvalue weighted by Gasteiger charge is -2.21. The van der Waals surface area contributed by atoms with Crippen LogP contribution in [0, 0.1) is 0 Å². The Bertz CT molecular complexity index is 626. The number of hydrogen-bond donors (Lipinski definition) is 1. The second-order valence-electron chi connectivity index (χ2n) is 4.64. The highest BCUT2D eigenvalue weighted by atomic mass is 32.1. The normalized spacial score (nSPS) is 11.3. The van der Waals surface area contributed by atoms with E-state index in [1.165, 1.54) is 28.4 Å². The molecule has 2 rings (SSSR count). The lowest BCUT2D eigenvalue weighted by Crippen LogP contribution is -2.35. The number of benzene rings is 1. The molecule has 22 heavy (non-hydrogen) atoms. The molecule has 0 saturated carbocycles. The maximum atomic E-state index is 12.7. The number of halogens is 3. The Morgan fingerprint density at radius 3 is 2.68 bits per heavy atom. The first-order chi connectivity index (χ1) is 10.4. The van der Waals surface area contributed by atoms with E-state index < -0.39 is 17.8 Å². The summed E-state index contributed by atoms with van der Waals surface area (Å²) in [5.41, 5.74) is 0.0651. The van der Waals surface area contributed by atoms with Crippen molar-refractivity contribution in [2.24, 2.45) is 0 Å². The van der Waals surface area contributed by atoms with Gasteiger partial charge in [-0.15, -0.1) is 0 Å². The summed E-state index contributed by atoms with van der Waals surface area (Å²) in [6.07, 6.45) is -3.69. The molecule has 0 atom stereocenters. The highest BCUT2D eigenvalue weighted by Gasteiger charge is 2.30. The van der Waals surface area contributed by atoms with Crippen LogP contribution in [0.2, 0.25) is 0 Å². The molecule has 1 aromatic carbocycles. The van der Waals surface area contributed by atoms with Crippen molar-refractivity contribution < 1.29 is 18.0 Å². The first kappa shape index (κ1) is 16.4. The van der Waals surface area contributed by atoms with E-state index in [1.54, 1.807) is 6.07 Å². The van der Waals surface area contributed by atoms with Gasteiger partial charge in [-0.2, -0.15) is 24.5 Å². The number of thiophene rings is 1. The van der Waals surface area contributed by atoms with Crippen LogP contribution in [-0.2, 0) is 6.18 Å². The van der Waals surface area contributed by atoms with E-state index >= 15 is 0 Å². The number of rotatable bonds is 4. The summed E-state index contributed by atoms with van der Waals surface area (Å²) in [6.45, 7) is 2.42. The summed E-state index contributed by atoms with van der Waals surface area (Å²) in [6, 6.07) is 5.96. The van der Waals surface area contributed by atoms with Crippen molar-refractivity contribution >= 4 is 28.7 Å². The standard InChI is InChI=1S/C15H15F3N2OS/c1-2-7-20(13-6-8-22-10-13)14(21)19-12-5-3-4-11(9-12)15(16,17)18/h3-6,8-10H,2,7H2,1H3,(H,19,21). The SMILES string of the molecule is CCCN(C(=O)Nc1cccc(C(F)(F)F)c1)c1ccsc1. The molecule has 0 aliphatic rings. The van der Waals surface area contributed by atoms with E-state index in [-0.39, 0.29) is 5.69 Å². The first-order valence-electron chi connectivity index (χ1n) is 6.70. The predicted molar refractivity (Wildman–Crippen MR) is 82.4 cm³/mol. The smallest absolute Gasteiger partial charge is 0.308 e. The number of urea groups is 1. The first-order valence-corrected chi connectivity index (χ1v) is 7.64. The maximum Gasteiger partial charge on any atom is 0.416 e. The number of alkyl halides is 3. The molecule has 2 aromatic rings. The number of amides is 2. The Balaban J connectivity index is 2.16. The molecule has 0 unspecified atom stereocenters. The summed E-state index contributed by atoms with van der Waals surface area (Å²) < 4.78 is 38.1. The molecular formula is C15H15F3N2OS. The summed E-state index contributed by atoms with van der Waals surface area (Å²) >= 11 is 1.45. The van der Waals surface area contributed by atoms with E-state index in [0.717, 1.165) is 24.2 Å². The number of carbonyl (C=O) groups is 1. The molecule has 2 amide bonds. The highest BCUT2D eigenvalue weighted by Crippen LogP contribution is 2.30. The van der Waals surface area contributed by atoms with Gasteiger partial charge in [0.2, 0.25) is 0 Å². The van der Waals surface area contributed by atoms with Crippen molar-refractivity contribution in [3.8, 4) is 0 Å². The van der Waals surface area contributed by atoms with Gasteiger partial charge in [0.15, 0.2) is 0 Å². The minimum absolute atomic E-state index is 0.121. The minimum Gasteiger partial charge on any atom is -0.308 e. The van der Waals surface area contributed by atoms with Gasteiger partial charge in [0.1, 0.15) is 0 Å². The zero-order valence-electron chi connectivity index (χ0n) is 11.9. The average Bonchev–Trinajstić information content (AvgIpc) is 2.98. The molecule has 1 N–H and O–H groups in total. The summed E-state index contributed by atoms with van der Waals surface area (Å²) in [5.74, 6) is 0. The monoisotopic (exact) mass is 328 g/mol. The van der Waals surface area contributed by atoms with Gasteiger partial charge < -0.3 is 5.32 Å². The molecule has 0 radical (unpaired) electrons. The van der Waals surface area contributed by atoms with Gasteiger partial charge >= 0.3 is 12.2 Å². The Labute approximate surface area is 130 Å². The molecule has 0 spiro atoms. The van der Waals surface area contributed by atoms with Gasteiger partial charge in [-0.1, -0.05) is 13.0 Å². The molecule has 0 fully saturated rings. The third-order valence-electron chi connectivity index (χ3n) is 2.95. The zero-order valence-corrected chi connectivity index (χ0v) is 12.7. The van der Waals surface area contributed by atoms with Crippen LogP contribution in [0.4, 0.5) is 29.3 Å². The van der Waals surface area contributed by atoms with E-state index in [4.69, 9.17) is 0 Å². The Morgan fingerprint density at radius 1 is 1.32 bits per heavy atom. The van der Waals surface area contributed by atoms with Crippen molar-refractivity contribution in [3.63, 3.8) is 0 Å². The molecule has 1 heterocycles. The van der Waals surface area contributed by atoms with Crippen LogP contribution in [0.1, 0.15) is 18.9 Å². The number of anilines is 2. The minimum atomic E-state index is -4.43. The number of nitrogens with one attached hydrogen (secondary N) is 1. The lowest BCUT2D eigenvalue weighted by molar-refractivity contribution is -0.137. The Kier molecular flexibility index (Phi) is 5.07. The van der Waals surface area contributed by atoms with Crippen molar-refractivity contribution in [1.29, 1.82) is 0 Å². The Hall–Kier alpha value is -2.02. The average molecular weight is 328 g/mol. The quantitative estimate of drug-likeness (QED) is 0.820. The second-order valence-corrected chi connectivity index (χ2v) is 5.42. The number of hydrogen-bond acceptors (Lipinski definition) is 2. The highest BCUT2D eigenvalue weighted by molar-refractivity contribution is 7.08. The van der Waals surface area contributed by atoms with Crippen molar-refractivity contribution in [3.05, 3.63) is 46.7 Å². The van der Waals surface area contributed by atoms with Crippen LogP contribution in [0.15, 0.2) is 41.1 Å². The van der Waals surface area contributed by atoms with Crippen LogP contribution >= 0.6 is 11.3 Å². The molecule has 0 saturated heterocycles. The van der Waals surface area contributed by atoms with Crippen molar-refractivity contribution in [2.45, 2.75) is 19.5 Å². The van der Waals surface area contributed by atoms with Crippen LogP contribution in [-0.4, -0.2) is 12.6 Å². The molecule has 7 heteroatoms. The fraction of sp³-hybridized carbons (Fsp3) is 0.267. The molecule has 118 valence electrons. The predicted octanol–water partition coefficient (Wildman–Crippen LogP) is 5.22. The van der Waals surface area contributed by atoms with E-state index in [2.05, 4.69) is 5.32 Å². The van der Waals surface area contributed by atoms with Crippen LogP contribution in [0.25, 0.3) is 0 Å². The maximum absolute atomic E-state index is 12.7. The molecule has 0 aliphatic heterocycles. The Morgan fingerprint density at radius 2 is 2.09 bits per heavy atom. The summed E-state index contributed by atoms with van der Waals surface area (Å²) in [7, 11) is 0. The molecule has 1 aromatic heterocycles. The molecular weight excluding hydrogens is 313 g/mol. The second kappa shape index (κ2) is 6.83. The fourth-order valence-corrected chi connectivity index (χ4v) is 2.59. The fourth-order valence-electron chi connectivity index (χ4n) is 1.95. The largest absolute Gasteiger partial charge is 0.416 e. The van der Waals surface area contributed by atoms with Crippen LogP contribution in [0.5, 0.6) is 0 Å². The third-order valence-corrected chi connectivity index (χ3v) is 3.62. The molecule has 3 nitrogen and oxygen atoms in total.